The summed E-state index contributed by atoms with van der Waals surface area (Å²) in [6.45, 7) is 4.00. The number of hydrogen-bond donors (Lipinski definition) is 2. The second-order valence-corrected chi connectivity index (χ2v) is 5.57. The number of nitrogens with one attached hydrogen (secondary N) is 2. The minimum atomic E-state index is 0.0632. The summed E-state index contributed by atoms with van der Waals surface area (Å²) in [7, 11) is 0. The smallest absolute Gasteiger partial charge is 0.251 e. The topological polar surface area (TPSA) is 41.1 Å². The molecule has 1 amide bonds. The fourth-order valence-electron chi connectivity index (χ4n) is 2.66. The van der Waals surface area contributed by atoms with Gasteiger partial charge < -0.3 is 10.6 Å². The van der Waals surface area contributed by atoms with Crippen molar-refractivity contribution in [3.05, 3.63) is 29.3 Å². The Bertz CT molecular complexity index is 443. The Hall–Kier alpha value is -1.51. The molecule has 0 aliphatic carbocycles. The summed E-state index contributed by atoms with van der Waals surface area (Å²) in [6, 6.07) is 5.95. The van der Waals surface area contributed by atoms with E-state index < -0.39 is 0 Å². The number of fused-ring (bicyclic) bond motifs is 1. The largest absolute Gasteiger partial charge is 0.384 e. The molecule has 0 bridgehead atoms. The molecule has 1 heterocycles. The van der Waals surface area contributed by atoms with Crippen molar-refractivity contribution in [1.29, 1.82) is 0 Å². The van der Waals surface area contributed by atoms with E-state index in [4.69, 9.17) is 0 Å². The Labute approximate surface area is 122 Å². The number of carbonyl (C=O) groups is 1. The third-order valence-electron chi connectivity index (χ3n) is 3.89. The van der Waals surface area contributed by atoms with Gasteiger partial charge in [0.25, 0.3) is 5.91 Å². The molecule has 3 heteroatoms. The molecule has 0 saturated heterocycles. The number of unbranched alkanes of at least 4 members (excludes halogenated alkanes) is 5. The van der Waals surface area contributed by atoms with Crippen molar-refractivity contribution in [2.24, 2.45) is 0 Å². The van der Waals surface area contributed by atoms with Crippen LogP contribution in [-0.4, -0.2) is 19.0 Å². The number of carbonyl (C=O) groups excluding carboxylic acids is 1. The summed E-state index contributed by atoms with van der Waals surface area (Å²) in [6.07, 6.45) is 8.54. The van der Waals surface area contributed by atoms with Crippen LogP contribution in [0.5, 0.6) is 0 Å². The van der Waals surface area contributed by atoms with Crippen LogP contribution in [0.1, 0.15) is 61.4 Å². The molecule has 2 rings (SSSR count). The highest BCUT2D eigenvalue weighted by Gasteiger charge is 2.12. The number of hydrogen-bond acceptors (Lipinski definition) is 2. The van der Waals surface area contributed by atoms with Crippen molar-refractivity contribution in [3.8, 4) is 0 Å². The first-order chi connectivity index (χ1) is 9.81. The summed E-state index contributed by atoms with van der Waals surface area (Å²) >= 11 is 0. The van der Waals surface area contributed by atoms with Gasteiger partial charge in [0.15, 0.2) is 0 Å². The maximum atomic E-state index is 12.0. The standard InChI is InChI=1S/C17H26N2O/c1-2-3-4-5-6-7-11-19-17(20)15-8-9-16-14(13-15)10-12-18-16/h8-9,13,18H,2-7,10-12H2,1H3,(H,19,20). The Balaban J connectivity index is 1.67. The molecule has 1 aliphatic rings. The van der Waals surface area contributed by atoms with Crippen molar-refractivity contribution in [2.75, 3.05) is 18.4 Å². The van der Waals surface area contributed by atoms with E-state index in [9.17, 15) is 4.79 Å². The van der Waals surface area contributed by atoms with E-state index in [0.29, 0.717) is 0 Å². The van der Waals surface area contributed by atoms with Crippen LogP contribution in [0.3, 0.4) is 0 Å². The van der Waals surface area contributed by atoms with Crippen LogP contribution in [0, 0.1) is 0 Å². The Kier molecular flexibility index (Phi) is 5.90. The van der Waals surface area contributed by atoms with Crippen LogP contribution in [0.25, 0.3) is 0 Å². The summed E-state index contributed by atoms with van der Waals surface area (Å²) in [5, 5.41) is 6.33. The maximum absolute atomic E-state index is 12.0. The van der Waals surface area contributed by atoms with Crippen LogP contribution in [0.15, 0.2) is 18.2 Å². The van der Waals surface area contributed by atoms with Gasteiger partial charge in [-0.05, 0) is 36.6 Å². The molecule has 2 N–H and O–H groups in total. The molecule has 0 fully saturated rings. The third kappa shape index (κ3) is 4.26. The van der Waals surface area contributed by atoms with Gasteiger partial charge in [0.1, 0.15) is 0 Å². The average molecular weight is 274 g/mol. The minimum absolute atomic E-state index is 0.0632. The van der Waals surface area contributed by atoms with Gasteiger partial charge in [0.2, 0.25) is 0 Å². The first-order valence-electron chi connectivity index (χ1n) is 7.96. The molecule has 0 saturated carbocycles. The lowest BCUT2D eigenvalue weighted by atomic mass is 10.1. The molecule has 0 aromatic heterocycles. The molecule has 20 heavy (non-hydrogen) atoms. The van der Waals surface area contributed by atoms with Gasteiger partial charge in [-0.3, -0.25) is 4.79 Å². The maximum Gasteiger partial charge on any atom is 0.251 e. The summed E-state index contributed by atoms with van der Waals surface area (Å²) in [5.74, 6) is 0.0632. The van der Waals surface area contributed by atoms with Gasteiger partial charge in [0.05, 0.1) is 0 Å². The Morgan fingerprint density at radius 3 is 2.85 bits per heavy atom. The Morgan fingerprint density at radius 2 is 2.00 bits per heavy atom. The lowest BCUT2D eigenvalue weighted by Crippen LogP contribution is -2.24. The molecular formula is C17H26N2O. The molecule has 1 aromatic rings. The monoisotopic (exact) mass is 274 g/mol. The normalized spacial score (nSPS) is 12.8. The van der Waals surface area contributed by atoms with Crippen LogP contribution in [0.4, 0.5) is 5.69 Å². The van der Waals surface area contributed by atoms with E-state index in [1.54, 1.807) is 0 Å². The van der Waals surface area contributed by atoms with Crippen molar-refractivity contribution in [1.82, 2.24) is 5.32 Å². The average Bonchev–Trinajstić information content (AvgIpc) is 2.93. The highest BCUT2D eigenvalue weighted by atomic mass is 16.1. The van der Waals surface area contributed by atoms with Gasteiger partial charge in [0, 0.05) is 24.3 Å². The van der Waals surface area contributed by atoms with Gasteiger partial charge in [-0.2, -0.15) is 0 Å². The number of amides is 1. The quantitative estimate of drug-likeness (QED) is 0.709. The van der Waals surface area contributed by atoms with E-state index in [1.807, 2.05) is 18.2 Å². The van der Waals surface area contributed by atoms with E-state index in [-0.39, 0.29) is 5.91 Å². The molecule has 0 atom stereocenters. The van der Waals surface area contributed by atoms with Gasteiger partial charge in [-0.1, -0.05) is 39.0 Å². The van der Waals surface area contributed by atoms with Crippen LogP contribution >= 0.6 is 0 Å². The fourth-order valence-corrected chi connectivity index (χ4v) is 2.66. The number of rotatable bonds is 8. The van der Waals surface area contributed by atoms with E-state index in [1.165, 1.54) is 43.4 Å². The van der Waals surface area contributed by atoms with E-state index >= 15 is 0 Å². The van der Waals surface area contributed by atoms with Crippen molar-refractivity contribution >= 4 is 11.6 Å². The first kappa shape index (κ1) is 14.9. The van der Waals surface area contributed by atoms with Gasteiger partial charge >= 0.3 is 0 Å². The molecular weight excluding hydrogens is 248 g/mol. The molecule has 1 aromatic carbocycles. The van der Waals surface area contributed by atoms with Crippen molar-refractivity contribution in [2.45, 2.75) is 51.9 Å². The first-order valence-corrected chi connectivity index (χ1v) is 7.96. The van der Waals surface area contributed by atoms with E-state index in [2.05, 4.69) is 17.6 Å². The summed E-state index contributed by atoms with van der Waals surface area (Å²) < 4.78 is 0. The third-order valence-corrected chi connectivity index (χ3v) is 3.89. The minimum Gasteiger partial charge on any atom is -0.384 e. The molecule has 0 spiro atoms. The molecule has 110 valence electrons. The molecule has 0 unspecified atom stereocenters. The summed E-state index contributed by atoms with van der Waals surface area (Å²) in [4.78, 5) is 12.0. The predicted octanol–water partition coefficient (Wildman–Crippen LogP) is 3.74. The zero-order chi connectivity index (χ0) is 14.2. The zero-order valence-corrected chi connectivity index (χ0v) is 12.5. The molecule has 0 radical (unpaired) electrons. The van der Waals surface area contributed by atoms with Crippen LogP contribution in [0.2, 0.25) is 0 Å². The highest BCUT2D eigenvalue weighted by molar-refractivity contribution is 5.95. The SMILES string of the molecule is CCCCCCCCNC(=O)c1ccc2c(c1)CCN2. The summed E-state index contributed by atoms with van der Waals surface area (Å²) in [5.41, 5.74) is 3.23. The second kappa shape index (κ2) is 7.93. The van der Waals surface area contributed by atoms with Crippen molar-refractivity contribution in [3.63, 3.8) is 0 Å². The lowest BCUT2D eigenvalue weighted by molar-refractivity contribution is 0.0953. The van der Waals surface area contributed by atoms with Gasteiger partial charge in [-0.15, -0.1) is 0 Å². The predicted molar refractivity (Wildman–Crippen MR) is 84.3 cm³/mol. The fraction of sp³-hybridized carbons (Fsp3) is 0.588. The van der Waals surface area contributed by atoms with E-state index in [0.717, 1.165) is 31.5 Å². The van der Waals surface area contributed by atoms with Crippen LogP contribution in [-0.2, 0) is 6.42 Å². The van der Waals surface area contributed by atoms with Crippen LogP contribution < -0.4 is 10.6 Å². The molecule has 1 aliphatic heterocycles. The number of anilines is 1. The molecule has 3 nitrogen and oxygen atoms in total. The Morgan fingerprint density at radius 1 is 1.20 bits per heavy atom. The zero-order valence-electron chi connectivity index (χ0n) is 12.5. The lowest BCUT2D eigenvalue weighted by Gasteiger charge is -2.07. The highest BCUT2D eigenvalue weighted by Crippen LogP contribution is 2.22. The number of benzene rings is 1. The second-order valence-electron chi connectivity index (χ2n) is 5.57. The van der Waals surface area contributed by atoms with Gasteiger partial charge in [-0.25, -0.2) is 0 Å². The van der Waals surface area contributed by atoms with Crippen molar-refractivity contribution < 1.29 is 4.79 Å².